The lowest BCUT2D eigenvalue weighted by atomic mass is 10.2. The number of rotatable bonds is 8. The lowest BCUT2D eigenvalue weighted by molar-refractivity contribution is 0.407. The van der Waals surface area contributed by atoms with E-state index >= 15 is 0 Å². The zero-order valence-corrected chi connectivity index (χ0v) is 14.0. The first kappa shape index (κ1) is 17.7. The van der Waals surface area contributed by atoms with Gasteiger partial charge in [0.2, 0.25) is 10.0 Å². The topological polar surface area (TPSA) is 58.6 Å². The van der Waals surface area contributed by atoms with E-state index in [4.69, 9.17) is 4.74 Å². The van der Waals surface area contributed by atoms with Gasteiger partial charge in [-0.1, -0.05) is 19.1 Å². The summed E-state index contributed by atoms with van der Waals surface area (Å²) in [6.07, 6.45) is 0. The summed E-state index contributed by atoms with van der Waals surface area (Å²) >= 11 is 0. The Hall–Kier alpha value is -1.37. The Morgan fingerprint density at radius 3 is 2.62 bits per heavy atom. The number of sulfonamides is 1. The zero-order chi connectivity index (χ0) is 16.0. The van der Waals surface area contributed by atoms with E-state index in [-0.39, 0.29) is 4.90 Å². The van der Waals surface area contributed by atoms with Gasteiger partial charge >= 0.3 is 0 Å². The summed E-state index contributed by atoms with van der Waals surface area (Å²) in [6.45, 7) is 9.21. The van der Waals surface area contributed by atoms with E-state index in [2.05, 4.69) is 11.9 Å². The van der Waals surface area contributed by atoms with Gasteiger partial charge in [-0.05, 0) is 31.7 Å². The van der Waals surface area contributed by atoms with Crippen LogP contribution in [0.4, 0.5) is 0 Å². The van der Waals surface area contributed by atoms with E-state index in [9.17, 15) is 8.42 Å². The van der Waals surface area contributed by atoms with Crippen molar-refractivity contribution in [3.8, 4) is 5.75 Å². The summed E-state index contributed by atoms with van der Waals surface area (Å²) in [5.74, 6) is 0.678. The van der Waals surface area contributed by atoms with Crippen LogP contribution in [-0.2, 0) is 16.6 Å². The van der Waals surface area contributed by atoms with Crippen molar-refractivity contribution in [2.75, 3.05) is 27.2 Å². The van der Waals surface area contributed by atoms with Crippen molar-refractivity contribution in [3.63, 3.8) is 0 Å². The number of likely N-dealkylation sites (N-methyl/N-ethyl adjacent to an activating group) is 1. The monoisotopic (exact) mass is 312 g/mol. The Kier molecular flexibility index (Phi) is 6.39. The molecule has 118 valence electrons. The molecule has 1 aromatic carbocycles. The number of hydrogen-bond donors (Lipinski definition) is 1. The van der Waals surface area contributed by atoms with E-state index in [1.165, 1.54) is 4.31 Å². The average molecular weight is 312 g/mol. The Morgan fingerprint density at radius 2 is 2.10 bits per heavy atom. The number of methoxy groups -OCH3 is 1. The number of benzene rings is 1. The van der Waals surface area contributed by atoms with Gasteiger partial charge in [0.1, 0.15) is 5.75 Å². The fourth-order valence-corrected chi connectivity index (χ4v) is 3.24. The van der Waals surface area contributed by atoms with Crippen LogP contribution in [0.25, 0.3) is 0 Å². The van der Waals surface area contributed by atoms with Crippen molar-refractivity contribution in [3.05, 3.63) is 35.9 Å². The predicted octanol–water partition coefficient (Wildman–Crippen LogP) is 2.00. The minimum Gasteiger partial charge on any atom is -0.496 e. The molecule has 0 saturated carbocycles. The lowest BCUT2D eigenvalue weighted by Crippen LogP contribution is -2.28. The summed E-state index contributed by atoms with van der Waals surface area (Å²) in [6, 6.07) is 4.92. The Bertz CT molecular complexity index is 597. The van der Waals surface area contributed by atoms with E-state index in [1.54, 1.807) is 39.3 Å². The summed E-state index contributed by atoms with van der Waals surface area (Å²) in [7, 11) is -0.388. The Balaban J connectivity index is 3.15. The maximum Gasteiger partial charge on any atom is 0.243 e. The molecule has 0 saturated heterocycles. The molecule has 0 aliphatic rings. The first-order valence-corrected chi connectivity index (χ1v) is 8.25. The third-order valence-electron chi connectivity index (χ3n) is 3.02. The van der Waals surface area contributed by atoms with Crippen molar-refractivity contribution in [1.82, 2.24) is 9.62 Å². The van der Waals surface area contributed by atoms with Crippen LogP contribution in [0.1, 0.15) is 19.4 Å². The van der Waals surface area contributed by atoms with Gasteiger partial charge < -0.3 is 10.1 Å². The van der Waals surface area contributed by atoms with Gasteiger partial charge in [0.05, 0.1) is 12.0 Å². The fraction of sp³-hybridized carbons (Fsp3) is 0.467. The molecule has 5 nitrogen and oxygen atoms in total. The quantitative estimate of drug-likeness (QED) is 0.746. The zero-order valence-electron chi connectivity index (χ0n) is 13.1. The van der Waals surface area contributed by atoms with Crippen molar-refractivity contribution >= 4 is 10.0 Å². The molecule has 0 spiro atoms. The van der Waals surface area contributed by atoms with Gasteiger partial charge in [-0.15, -0.1) is 0 Å². The van der Waals surface area contributed by atoms with Crippen LogP contribution in [-0.4, -0.2) is 40.0 Å². The van der Waals surface area contributed by atoms with Crippen LogP contribution in [0.5, 0.6) is 5.75 Å². The molecule has 0 amide bonds. The van der Waals surface area contributed by atoms with E-state index in [0.717, 1.165) is 17.7 Å². The number of nitrogens with one attached hydrogen (secondary N) is 1. The molecule has 0 fully saturated rings. The van der Waals surface area contributed by atoms with Gasteiger partial charge in [0, 0.05) is 25.7 Å². The molecule has 0 aromatic heterocycles. The van der Waals surface area contributed by atoms with E-state index in [0.29, 0.717) is 18.8 Å². The number of nitrogens with zero attached hydrogens (tertiary/aromatic N) is 1. The van der Waals surface area contributed by atoms with Crippen LogP contribution in [0.2, 0.25) is 0 Å². The van der Waals surface area contributed by atoms with Gasteiger partial charge in [-0.2, -0.15) is 4.31 Å². The first-order chi connectivity index (χ1) is 9.82. The van der Waals surface area contributed by atoms with Crippen LogP contribution >= 0.6 is 0 Å². The van der Waals surface area contributed by atoms with Crippen molar-refractivity contribution < 1.29 is 13.2 Å². The minimum absolute atomic E-state index is 0.264. The molecule has 0 heterocycles. The summed E-state index contributed by atoms with van der Waals surface area (Å²) in [4.78, 5) is 0.264. The molecule has 0 bridgehead atoms. The van der Waals surface area contributed by atoms with Crippen LogP contribution < -0.4 is 10.1 Å². The summed E-state index contributed by atoms with van der Waals surface area (Å²) in [5, 5.41) is 3.18. The van der Waals surface area contributed by atoms with Crippen molar-refractivity contribution in [1.29, 1.82) is 0 Å². The molecule has 1 rings (SSSR count). The largest absolute Gasteiger partial charge is 0.496 e. The molecular weight excluding hydrogens is 288 g/mol. The minimum atomic E-state index is -3.52. The van der Waals surface area contributed by atoms with Crippen LogP contribution in [0.15, 0.2) is 35.2 Å². The smallest absolute Gasteiger partial charge is 0.243 e. The second-order valence-corrected chi connectivity index (χ2v) is 7.02. The lowest BCUT2D eigenvalue weighted by Gasteiger charge is -2.18. The molecule has 0 aliphatic carbocycles. The molecular formula is C15H24N2O3S. The molecule has 1 aromatic rings. The van der Waals surface area contributed by atoms with Crippen molar-refractivity contribution in [2.45, 2.75) is 25.3 Å². The van der Waals surface area contributed by atoms with Gasteiger partial charge in [0.25, 0.3) is 0 Å². The molecule has 21 heavy (non-hydrogen) atoms. The Morgan fingerprint density at radius 1 is 1.43 bits per heavy atom. The predicted molar refractivity (Wildman–Crippen MR) is 85.0 cm³/mol. The van der Waals surface area contributed by atoms with Gasteiger partial charge in [0.15, 0.2) is 0 Å². The fourth-order valence-electron chi connectivity index (χ4n) is 1.96. The first-order valence-electron chi connectivity index (χ1n) is 6.81. The highest BCUT2D eigenvalue weighted by Gasteiger charge is 2.21. The SMILES string of the molecule is C=C(C)CN(C)S(=O)(=O)c1ccc(OC)c(CNCC)c1. The molecule has 0 atom stereocenters. The maximum atomic E-state index is 12.5. The normalized spacial score (nSPS) is 11.7. The second kappa shape index (κ2) is 7.59. The van der Waals surface area contributed by atoms with Crippen molar-refractivity contribution in [2.24, 2.45) is 0 Å². The third-order valence-corrected chi connectivity index (χ3v) is 4.82. The number of ether oxygens (including phenoxy) is 1. The Labute approximate surface area is 127 Å². The third kappa shape index (κ3) is 4.56. The van der Waals surface area contributed by atoms with Crippen LogP contribution in [0.3, 0.4) is 0 Å². The number of hydrogen-bond acceptors (Lipinski definition) is 4. The maximum absolute atomic E-state index is 12.5. The average Bonchev–Trinajstić information content (AvgIpc) is 2.43. The highest BCUT2D eigenvalue weighted by molar-refractivity contribution is 7.89. The van der Waals surface area contributed by atoms with Crippen LogP contribution in [0, 0.1) is 0 Å². The van der Waals surface area contributed by atoms with E-state index in [1.807, 2.05) is 6.92 Å². The summed E-state index contributed by atoms with van der Waals surface area (Å²) in [5.41, 5.74) is 1.62. The molecule has 1 N–H and O–H groups in total. The highest BCUT2D eigenvalue weighted by Crippen LogP contribution is 2.24. The molecule has 0 unspecified atom stereocenters. The van der Waals surface area contributed by atoms with Gasteiger partial charge in [-0.3, -0.25) is 0 Å². The van der Waals surface area contributed by atoms with Gasteiger partial charge in [-0.25, -0.2) is 8.42 Å². The molecule has 0 aliphatic heterocycles. The van der Waals surface area contributed by atoms with E-state index < -0.39 is 10.0 Å². The summed E-state index contributed by atoms with van der Waals surface area (Å²) < 4.78 is 31.6. The highest BCUT2D eigenvalue weighted by atomic mass is 32.2. The standard InChI is InChI=1S/C15H24N2O3S/c1-6-16-10-13-9-14(7-8-15(13)20-5)21(18,19)17(4)11-12(2)3/h7-9,16H,2,6,10-11H2,1,3-5H3. The second-order valence-electron chi connectivity index (χ2n) is 4.97. The molecule has 6 heteroatoms. The molecule has 0 radical (unpaired) electrons.